The number of hydrogen-bond acceptors (Lipinski definition) is 4. The van der Waals surface area contributed by atoms with Crippen LogP contribution in [0.25, 0.3) is 0 Å². The Hall–Kier alpha value is -1.81. The van der Waals surface area contributed by atoms with Crippen LogP contribution in [0.2, 0.25) is 0 Å². The number of nitrogens with one attached hydrogen (secondary N) is 2. The largest absolute Gasteiger partial charge is 0.494 e. The summed E-state index contributed by atoms with van der Waals surface area (Å²) in [6, 6.07) is 13.4. The molecular formula is C23H34IN3O3S. The van der Waals surface area contributed by atoms with E-state index in [0.717, 1.165) is 48.4 Å². The number of halogens is 1. The first kappa shape index (κ1) is 27.2. The summed E-state index contributed by atoms with van der Waals surface area (Å²) in [5.74, 6) is 1.58. The summed E-state index contributed by atoms with van der Waals surface area (Å²) >= 11 is 0. The normalized spacial score (nSPS) is 11.5. The lowest BCUT2D eigenvalue weighted by atomic mass is 10.1. The fraction of sp³-hybridized carbons (Fsp3) is 0.435. The average Bonchev–Trinajstić information content (AvgIpc) is 2.70. The summed E-state index contributed by atoms with van der Waals surface area (Å²) in [6.07, 6.45) is 3.38. The summed E-state index contributed by atoms with van der Waals surface area (Å²) in [5, 5.41) is 6.55. The Morgan fingerprint density at radius 1 is 1.06 bits per heavy atom. The van der Waals surface area contributed by atoms with E-state index in [1.165, 1.54) is 6.26 Å². The van der Waals surface area contributed by atoms with Crippen LogP contribution in [0.15, 0.2) is 52.4 Å². The molecule has 31 heavy (non-hydrogen) atoms. The van der Waals surface area contributed by atoms with Crippen molar-refractivity contribution in [2.45, 2.75) is 51.6 Å². The van der Waals surface area contributed by atoms with Gasteiger partial charge in [-0.3, -0.25) is 0 Å². The zero-order valence-corrected chi connectivity index (χ0v) is 21.9. The molecule has 172 valence electrons. The maximum Gasteiger partial charge on any atom is 0.191 e. The lowest BCUT2D eigenvalue weighted by Gasteiger charge is -2.13. The second-order valence-electron chi connectivity index (χ2n) is 7.27. The van der Waals surface area contributed by atoms with E-state index in [-0.39, 0.29) is 24.0 Å². The number of sulfone groups is 1. The highest BCUT2D eigenvalue weighted by atomic mass is 127. The third-order valence-electron chi connectivity index (χ3n) is 4.53. The van der Waals surface area contributed by atoms with Crippen LogP contribution in [-0.4, -0.2) is 33.8 Å². The molecule has 8 heteroatoms. The predicted molar refractivity (Wildman–Crippen MR) is 138 cm³/mol. The van der Waals surface area contributed by atoms with Crippen LogP contribution in [-0.2, 0) is 22.9 Å². The molecule has 0 aromatic heterocycles. The topological polar surface area (TPSA) is 79.8 Å². The van der Waals surface area contributed by atoms with Gasteiger partial charge in [0.1, 0.15) is 5.75 Å². The zero-order valence-electron chi connectivity index (χ0n) is 18.8. The minimum atomic E-state index is -3.21. The molecule has 0 saturated heterocycles. The van der Waals surface area contributed by atoms with Crippen molar-refractivity contribution in [3.63, 3.8) is 0 Å². The Bertz CT molecular complexity index is 962. The number of guanidine groups is 1. The first-order valence-electron chi connectivity index (χ1n) is 10.4. The highest BCUT2D eigenvalue weighted by Gasteiger charge is 2.11. The van der Waals surface area contributed by atoms with Crippen molar-refractivity contribution in [3.05, 3.63) is 59.2 Å². The van der Waals surface area contributed by atoms with Gasteiger partial charge < -0.3 is 15.4 Å². The van der Waals surface area contributed by atoms with E-state index < -0.39 is 9.84 Å². The third-order valence-corrected chi connectivity index (χ3v) is 5.78. The van der Waals surface area contributed by atoms with Crippen molar-refractivity contribution in [2.24, 2.45) is 4.99 Å². The molecule has 0 amide bonds. The summed E-state index contributed by atoms with van der Waals surface area (Å²) in [6.45, 7) is 8.54. The molecule has 0 saturated carbocycles. The molecule has 2 rings (SSSR count). The molecule has 2 aromatic carbocycles. The number of aliphatic imine (C=N–C) groups is 1. The van der Waals surface area contributed by atoms with Gasteiger partial charge in [0.25, 0.3) is 0 Å². The number of unbranched alkanes of at least 4 members (excludes halogenated alkanes) is 1. The predicted octanol–water partition coefficient (Wildman–Crippen LogP) is 4.45. The van der Waals surface area contributed by atoms with Crippen LogP contribution in [0, 0.1) is 6.92 Å². The Balaban J connectivity index is 0.00000480. The Labute approximate surface area is 203 Å². The first-order chi connectivity index (χ1) is 14.3. The molecule has 6 nitrogen and oxygen atoms in total. The molecule has 0 unspecified atom stereocenters. The molecule has 0 fully saturated rings. The van der Waals surface area contributed by atoms with E-state index in [4.69, 9.17) is 4.74 Å². The highest BCUT2D eigenvalue weighted by Crippen LogP contribution is 2.17. The zero-order chi connectivity index (χ0) is 22.0. The van der Waals surface area contributed by atoms with Crippen LogP contribution >= 0.6 is 24.0 Å². The number of rotatable bonds is 10. The Kier molecular flexibility index (Phi) is 11.9. The van der Waals surface area contributed by atoms with Gasteiger partial charge in [-0.15, -0.1) is 24.0 Å². The monoisotopic (exact) mass is 559 g/mol. The summed E-state index contributed by atoms with van der Waals surface area (Å²) < 4.78 is 29.3. The molecule has 0 atom stereocenters. The van der Waals surface area contributed by atoms with Crippen LogP contribution in [0.4, 0.5) is 0 Å². The molecule has 2 N–H and O–H groups in total. The number of hydrogen-bond donors (Lipinski definition) is 2. The molecular weight excluding hydrogens is 525 g/mol. The third kappa shape index (κ3) is 9.47. The van der Waals surface area contributed by atoms with Crippen LogP contribution < -0.4 is 15.4 Å². The second-order valence-corrected chi connectivity index (χ2v) is 9.25. The van der Waals surface area contributed by atoms with Gasteiger partial charge in [-0.1, -0.05) is 37.6 Å². The summed E-state index contributed by atoms with van der Waals surface area (Å²) in [5.41, 5.74) is 2.82. The van der Waals surface area contributed by atoms with Gasteiger partial charge in [0, 0.05) is 19.3 Å². The molecule has 0 spiro atoms. The molecule has 0 aliphatic heterocycles. The van der Waals surface area contributed by atoms with Gasteiger partial charge in [0.05, 0.1) is 18.0 Å². The molecule has 0 aliphatic carbocycles. The summed E-state index contributed by atoms with van der Waals surface area (Å²) in [7, 11) is -3.21. The molecule has 0 bridgehead atoms. The molecule has 0 radical (unpaired) electrons. The van der Waals surface area contributed by atoms with Gasteiger partial charge in [0.2, 0.25) is 0 Å². The van der Waals surface area contributed by atoms with E-state index in [9.17, 15) is 8.42 Å². The fourth-order valence-corrected chi connectivity index (χ4v) is 3.96. The van der Waals surface area contributed by atoms with E-state index in [1.807, 2.05) is 50.2 Å². The van der Waals surface area contributed by atoms with Gasteiger partial charge in [-0.05, 0) is 55.2 Å². The van der Waals surface area contributed by atoms with Gasteiger partial charge in [-0.2, -0.15) is 0 Å². The number of aryl methyl sites for hydroxylation is 1. The van der Waals surface area contributed by atoms with Crippen molar-refractivity contribution >= 4 is 39.8 Å². The SMILES string of the molecule is CCCCOc1cccc(CN=C(NCC)NCc2ccc(S(C)(=O)=O)c(C)c2)c1.I. The summed E-state index contributed by atoms with van der Waals surface area (Å²) in [4.78, 5) is 5.03. The second kappa shape index (κ2) is 13.6. The molecule has 2 aromatic rings. The van der Waals surface area contributed by atoms with Crippen molar-refractivity contribution in [1.82, 2.24) is 10.6 Å². The van der Waals surface area contributed by atoms with Crippen molar-refractivity contribution < 1.29 is 13.2 Å². The van der Waals surface area contributed by atoms with Crippen molar-refractivity contribution in [2.75, 3.05) is 19.4 Å². The van der Waals surface area contributed by atoms with Crippen molar-refractivity contribution in [3.8, 4) is 5.75 Å². The number of ether oxygens (including phenoxy) is 1. The van der Waals surface area contributed by atoms with E-state index >= 15 is 0 Å². The van der Waals surface area contributed by atoms with Gasteiger partial charge in [-0.25, -0.2) is 13.4 Å². The van der Waals surface area contributed by atoms with E-state index in [1.54, 1.807) is 6.07 Å². The number of nitrogens with zero attached hydrogens (tertiary/aromatic N) is 1. The highest BCUT2D eigenvalue weighted by molar-refractivity contribution is 14.0. The minimum absolute atomic E-state index is 0. The molecule has 0 heterocycles. The number of benzene rings is 2. The lowest BCUT2D eigenvalue weighted by Crippen LogP contribution is -2.36. The minimum Gasteiger partial charge on any atom is -0.494 e. The average molecular weight is 560 g/mol. The standard InChI is InChI=1S/C23H33N3O3S.HI/c1-5-7-13-29-21-10-8-9-19(15-21)16-25-23(24-6-2)26-17-20-11-12-22(18(3)14-20)30(4,27)28;/h8-12,14-15H,5-7,13,16-17H2,1-4H3,(H2,24,25,26);1H. The van der Waals surface area contributed by atoms with Gasteiger partial charge in [0.15, 0.2) is 15.8 Å². The van der Waals surface area contributed by atoms with E-state index in [0.29, 0.717) is 23.9 Å². The maximum atomic E-state index is 11.8. The fourth-order valence-electron chi connectivity index (χ4n) is 3.00. The van der Waals surface area contributed by atoms with E-state index in [2.05, 4.69) is 22.5 Å². The first-order valence-corrected chi connectivity index (χ1v) is 12.3. The maximum absolute atomic E-state index is 11.8. The smallest absolute Gasteiger partial charge is 0.191 e. The van der Waals surface area contributed by atoms with Gasteiger partial charge >= 0.3 is 0 Å². The molecule has 0 aliphatic rings. The van der Waals surface area contributed by atoms with Crippen molar-refractivity contribution in [1.29, 1.82) is 0 Å². The quantitative estimate of drug-likeness (QED) is 0.195. The lowest BCUT2D eigenvalue weighted by molar-refractivity contribution is 0.309. The van der Waals surface area contributed by atoms with Crippen LogP contribution in [0.1, 0.15) is 43.4 Å². The Morgan fingerprint density at radius 3 is 2.48 bits per heavy atom. The van der Waals surface area contributed by atoms with Crippen LogP contribution in [0.5, 0.6) is 5.75 Å². The van der Waals surface area contributed by atoms with Crippen LogP contribution in [0.3, 0.4) is 0 Å². The Morgan fingerprint density at radius 2 is 1.84 bits per heavy atom.